The van der Waals surface area contributed by atoms with E-state index in [1.165, 1.54) is 22.7 Å². The highest BCUT2D eigenvalue weighted by molar-refractivity contribution is 7.14. The van der Waals surface area contributed by atoms with Crippen molar-refractivity contribution >= 4 is 62.2 Å². The van der Waals surface area contributed by atoms with Gasteiger partial charge in [-0.2, -0.15) is 0 Å². The molecule has 3 aromatic heterocycles. The Labute approximate surface area is 207 Å². The number of nitrogens with one attached hydrogen (secondary N) is 1. The zero-order valence-electron chi connectivity index (χ0n) is 17.5. The van der Waals surface area contributed by atoms with E-state index in [0.717, 1.165) is 10.4 Å². The lowest BCUT2D eigenvalue weighted by Crippen LogP contribution is -2.21. The summed E-state index contributed by atoms with van der Waals surface area (Å²) in [7, 11) is 0. The van der Waals surface area contributed by atoms with E-state index < -0.39 is 18.5 Å². The summed E-state index contributed by atoms with van der Waals surface area (Å²) in [5, 5.41) is 8.05. The Bertz CT molecular complexity index is 1500. The fraction of sp³-hybridized carbons (Fsp3) is 0.0400. The highest BCUT2D eigenvalue weighted by atomic mass is 35.5. The Kier molecular flexibility index (Phi) is 6.35. The summed E-state index contributed by atoms with van der Waals surface area (Å²) in [6.45, 7) is -0.440. The molecule has 0 saturated heterocycles. The molecule has 2 aromatic carbocycles. The number of esters is 1. The van der Waals surface area contributed by atoms with Crippen LogP contribution in [-0.2, 0) is 9.53 Å². The van der Waals surface area contributed by atoms with Crippen molar-refractivity contribution in [1.29, 1.82) is 0 Å². The lowest BCUT2D eigenvalue weighted by molar-refractivity contribution is -0.119. The molecule has 5 rings (SSSR count). The number of carbonyl (C=O) groups is 2. The quantitative estimate of drug-likeness (QED) is 0.265. The number of carbonyl (C=O) groups excluding carboxylic acids is 2. The van der Waals surface area contributed by atoms with Crippen molar-refractivity contribution < 1.29 is 14.3 Å². The number of aromatic nitrogens is 2. The summed E-state index contributed by atoms with van der Waals surface area (Å²) >= 11 is 9.02. The zero-order chi connectivity index (χ0) is 23.5. The Hall–Kier alpha value is -3.59. The van der Waals surface area contributed by atoms with Gasteiger partial charge in [0.2, 0.25) is 0 Å². The number of para-hydroxylation sites is 1. The molecule has 34 heavy (non-hydrogen) atoms. The van der Waals surface area contributed by atoms with E-state index in [2.05, 4.69) is 15.3 Å². The third-order valence-electron chi connectivity index (χ3n) is 4.94. The number of halogens is 1. The largest absolute Gasteiger partial charge is 0.452 e. The lowest BCUT2D eigenvalue weighted by atomic mass is 10.1. The van der Waals surface area contributed by atoms with E-state index in [1.54, 1.807) is 17.5 Å². The number of pyridine rings is 1. The molecule has 3 heterocycles. The van der Waals surface area contributed by atoms with Crippen molar-refractivity contribution in [3.63, 3.8) is 0 Å². The van der Waals surface area contributed by atoms with Crippen LogP contribution in [0.25, 0.3) is 32.7 Å². The maximum absolute atomic E-state index is 12.9. The van der Waals surface area contributed by atoms with E-state index in [1.807, 2.05) is 60.0 Å². The third-order valence-corrected chi connectivity index (χ3v) is 6.92. The number of hydrogen-bond acceptors (Lipinski definition) is 7. The Balaban J connectivity index is 1.29. The van der Waals surface area contributed by atoms with Crippen molar-refractivity contribution in [2.24, 2.45) is 0 Å². The van der Waals surface area contributed by atoms with E-state index >= 15 is 0 Å². The monoisotopic (exact) mass is 505 g/mol. The van der Waals surface area contributed by atoms with Gasteiger partial charge in [-0.25, -0.2) is 14.8 Å². The van der Waals surface area contributed by atoms with Crippen LogP contribution in [-0.4, -0.2) is 28.5 Å². The Morgan fingerprint density at radius 3 is 2.59 bits per heavy atom. The highest BCUT2D eigenvalue weighted by Gasteiger charge is 2.17. The number of thiophene rings is 1. The van der Waals surface area contributed by atoms with Crippen LogP contribution in [0.15, 0.2) is 77.5 Å². The van der Waals surface area contributed by atoms with Gasteiger partial charge in [-0.1, -0.05) is 54.1 Å². The van der Waals surface area contributed by atoms with Crippen LogP contribution in [0, 0.1) is 0 Å². The summed E-state index contributed by atoms with van der Waals surface area (Å²) in [6, 6.07) is 20.2. The van der Waals surface area contributed by atoms with Gasteiger partial charge in [0.05, 0.1) is 27.3 Å². The summed E-state index contributed by atoms with van der Waals surface area (Å²) in [5.41, 5.74) is 3.16. The van der Waals surface area contributed by atoms with Crippen LogP contribution in [0.2, 0.25) is 5.02 Å². The van der Waals surface area contributed by atoms with E-state index in [9.17, 15) is 9.59 Å². The van der Waals surface area contributed by atoms with Crippen molar-refractivity contribution in [1.82, 2.24) is 9.97 Å². The first-order valence-corrected chi connectivity index (χ1v) is 12.3. The Morgan fingerprint density at radius 2 is 1.76 bits per heavy atom. The van der Waals surface area contributed by atoms with Gasteiger partial charge >= 0.3 is 5.97 Å². The van der Waals surface area contributed by atoms with E-state index in [0.29, 0.717) is 38.0 Å². The predicted molar refractivity (Wildman–Crippen MR) is 137 cm³/mol. The smallest absolute Gasteiger partial charge is 0.339 e. The zero-order valence-corrected chi connectivity index (χ0v) is 19.9. The average molecular weight is 506 g/mol. The third kappa shape index (κ3) is 4.70. The van der Waals surface area contributed by atoms with Gasteiger partial charge in [0.15, 0.2) is 11.7 Å². The summed E-state index contributed by atoms with van der Waals surface area (Å²) in [5.74, 6) is -1.08. The molecule has 0 saturated carbocycles. The molecule has 0 fully saturated rings. The topological polar surface area (TPSA) is 81.2 Å². The molecule has 9 heteroatoms. The van der Waals surface area contributed by atoms with Crippen LogP contribution < -0.4 is 5.32 Å². The average Bonchev–Trinajstić information content (AvgIpc) is 3.55. The summed E-state index contributed by atoms with van der Waals surface area (Å²) in [4.78, 5) is 35.3. The van der Waals surface area contributed by atoms with E-state index in [-0.39, 0.29) is 0 Å². The number of nitrogens with zero attached hydrogens (tertiary/aromatic N) is 2. The first-order valence-electron chi connectivity index (χ1n) is 10.2. The number of hydrogen-bond donors (Lipinski definition) is 1. The van der Waals surface area contributed by atoms with Crippen LogP contribution in [0.1, 0.15) is 10.4 Å². The summed E-state index contributed by atoms with van der Waals surface area (Å²) in [6.07, 6.45) is 0. The van der Waals surface area contributed by atoms with Crippen LogP contribution in [0.4, 0.5) is 5.13 Å². The molecule has 0 aliphatic rings. The van der Waals surface area contributed by atoms with Gasteiger partial charge in [-0.3, -0.25) is 10.1 Å². The Morgan fingerprint density at radius 1 is 0.941 bits per heavy atom. The molecule has 0 aliphatic heterocycles. The number of thiazole rings is 1. The van der Waals surface area contributed by atoms with Crippen LogP contribution in [0.5, 0.6) is 0 Å². The maximum atomic E-state index is 12.9. The molecular weight excluding hydrogens is 490 g/mol. The number of rotatable bonds is 6. The minimum absolute atomic E-state index is 0.358. The molecular formula is C25H16ClN3O3S2. The maximum Gasteiger partial charge on any atom is 0.339 e. The summed E-state index contributed by atoms with van der Waals surface area (Å²) < 4.78 is 5.33. The van der Waals surface area contributed by atoms with Crippen molar-refractivity contribution in [3.05, 3.63) is 88.1 Å². The molecule has 1 amide bonds. The molecule has 0 spiro atoms. The van der Waals surface area contributed by atoms with Crippen LogP contribution >= 0.6 is 34.3 Å². The first-order chi connectivity index (χ1) is 16.6. The number of ether oxygens (including phenoxy) is 1. The predicted octanol–water partition coefficient (Wildman–Crippen LogP) is 6.54. The highest BCUT2D eigenvalue weighted by Crippen LogP contribution is 2.30. The number of fused-ring (bicyclic) bond motifs is 1. The minimum Gasteiger partial charge on any atom is -0.452 e. The molecule has 0 bridgehead atoms. The molecule has 6 nitrogen and oxygen atoms in total. The number of amides is 1. The van der Waals surface area contributed by atoms with E-state index in [4.69, 9.17) is 16.3 Å². The van der Waals surface area contributed by atoms with Crippen molar-refractivity contribution in [3.8, 4) is 21.8 Å². The minimum atomic E-state index is -0.595. The van der Waals surface area contributed by atoms with Gasteiger partial charge in [-0.05, 0) is 29.6 Å². The molecule has 5 aromatic rings. The SMILES string of the molecule is O=C(COC(=O)c1cc(-c2cccs2)nc2ccccc12)Nc1nc(-c2ccccc2Cl)cs1. The van der Waals surface area contributed by atoms with Crippen molar-refractivity contribution in [2.75, 3.05) is 11.9 Å². The fourth-order valence-electron chi connectivity index (χ4n) is 3.38. The lowest BCUT2D eigenvalue weighted by Gasteiger charge is -2.09. The normalized spacial score (nSPS) is 10.9. The molecule has 0 unspecified atom stereocenters. The second-order valence-electron chi connectivity index (χ2n) is 7.19. The number of benzene rings is 2. The van der Waals surface area contributed by atoms with Crippen LogP contribution in [0.3, 0.4) is 0 Å². The standard InChI is InChI=1S/C25H16ClN3O3S2/c26-18-8-3-1-7-16(18)21-14-34-25(28-21)29-23(30)13-32-24(31)17-12-20(22-10-5-11-33-22)27-19-9-4-2-6-15(17)19/h1-12,14H,13H2,(H,28,29,30). The molecule has 168 valence electrons. The first kappa shape index (κ1) is 22.2. The molecule has 0 atom stereocenters. The van der Waals surface area contributed by atoms with Gasteiger partial charge < -0.3 is 4.74 Å². The van der Waals surface area contributed by atoms with Crippen molar-refractivity contribution in [2.45, 2.75) is 0 Å². The van der Waals surface area contributed by atoms with Gasteiger partial charge in [0, 0.05) is 21.4 Å². The molecule has 0 aliphatic carbocycles. The fourth-order valence-corrected chi connectivity index (χ4v) is 5.03. The van der Waals surface area contributed by atoms with Gasteiger partial charge in [0.1, 0.15) is 0 Å². The second kappa shape index (κ2) is 9.72. The molecule has 0 radical (unpaired) electrons. The van der Waals surface area contributed by atoms with Gasteiger partial charge in [-0.15, -0.1) is 22.7 Å². The second-order valence-corrected chi connectivity index (χ2v) is 9.40. The van der Waals surface area contributed by atoms with Gasteiger partial charge in [0.25, 0.3) is 5.91 Å². The molecule has 1 N–H and O–H groups in total. The number of anilines is 1.